The molecule has 0 spiro atoms. The SMILES string of the molecule is C/C=C\C(C)C(C)C(Cl)C(CC)/C(=C\CCC)CC. The van der Waals surface area contributed by atoms with Gasteiger partial charge in [0, 0.05) is 5.38 Å². The molecular weight excluding hydrogens is 252 g/mol. The zero-order valence-corrected chi connectivity index (χ0v) is 14.5. The van der Waals surface area contributed by atoms with Crippen LogP contribution in [0.2, 0.25) is 0 Å². The Bertz CT molecular complexity index is 277. The van der Waals surface area contributed by atoms with Crippen molar-refractivity contribution in [3.63, 3.8) is 0 Å². The van der Waals surface area contributed by atoms with Gasteiger partial charge in [0.15, 0.2) is 0 Å². The van der Waals surface area contributed by atoms with Gasteiger partial charge in [-0.1, -0.05) is 64.8 Å². The molecule has 0 saturated heterocycles. The van der Waals surface area contributed by atoms with E-state index in [0.29, 0.717) is 17.8 Å². The van der Waals surface area contributed by atoms with Gasteiger partial charge >= 0.3 is 0 Å². The fourth-order valence-corrected chi connectivity index (χ4v) is 3.28. The minimum atomic E-state index is 0.235. The van der Waals surface area contributed by atoms with Crippen LogP contribution in [0, 0.1) is 17.8 Å². The number of alkyl halides is 1. The molecule has 112 valence electrons. The zero-order valence-electron chi connectivity index (χ0n) is 13.7. The van der Waals surface area contributed by atoms with E-state index in [4.69, 9.17) is 11.6 Å². The van der Waals surface area contributed by atoms with Crippen LogP contribution in [0.25, 0.3) is 0 Å². The molecule has 0 aromatic heterocycles. The molecule has 4 unspecified atom stereocenters. The van der Waals surface area contributed by atoms with Crippen molar-refractivity contribution in [3.8, 4) is 0 Å². The fourth-order valence-electron chi connectivity index (χ4n) is 2.71. The molecule has 0 aromatic carbocycles. The Morgan fingerprint density at radius 2 is 1.79 bits per heavy atom. The average Bonchev–Trinajstić information content (AvgIpc) is 2.42. The molecule has 0 aliphatic rings. The van der Waals surface area contributed by atoms with Crippen LogP contribution in [0.4, 0.5) is 0 Å². The second-order valence-corrected chi connectivity index (χ2v) is 6.13. The van der Waals surface area contributed by atoms with Gasteiger partial charge in [-0.25, -0.2) is 0 Å². The molecule has 0 saturated carbocycles. The molecule has 0 nitrogen and oxygen atoms in total. The molecule has 0 bridgehead atoms. The Kier molecular flexibility index (Phi) is 10.4. The first-order chi connectivity index (χ1) is 9.03. The standard InChI is InChI=1S/C18H33Cl/c1-7-11-13-16(9-3)17(10-4)18(19)15(6)14(5)12-8-2/h8,12-15,17-18H,7,9-11H2,1-6H3/b12-8-,16-13-. The summed E-state index contributed by atoms with van der Waals surface area (Å²) in [5, 5.41) is 0.235. The van der Waals surface area contributed by atoms with E-state index in [2.05, 4.69) is 59.8 Å². The van der Waals surface area contributed by atoms with Crippen LogP contribution in [0.5, 0.6) is 0 Å². The van der Waals surface area contributed by atoms with Crippen LogP contribution in [-0.2, 0) is 0 Å². The number of unbranched alkanes of at least 4 members (excludes halogenated alkanes) is 1. The van der Waals surface area contributed by atoms with Crippen molar-refractivity contribution in [2.45, 2.75) is 72.6 Å². The van der Waals surface area contributed by atoms with E-state index < -0.39 is 0 Å². The highest BCUT2D eigenvalue weighted by Gasteiger charge is 2.28. The second-order valence-electron chi connectivity index (χ2n) is 5.62. The summed E-state index contributed by atoms with van der Waals surface area (Å²) in [5.74, 6) is 1.59. The molecule has 0 heterocycles. The van der Waals surface area contributed by atoms with E-state index in [1.54, 1.807) is 5.57 Å². The lowest BCUT2D eigenvalue weighted by molar-refractivity contribution is 0.364. The molecule has 0 N–H and O–H groups in total. The van der Waals surface area contributed by atoms with Gasteiger partial charge in [-0.05, 0) is 43.9 Å². The van der Waals surface area contributed by atoms with Crippen LogP contribution >= 0.6 is 11.6 Å². The van der Waals surface area contributed by atoms with E-state index in [1.807, 2.05) is 0 Å². The molecule has 0 aromatic rings. The van der Waals surface area contributed by atoms with Crippen molar-refractivity contribution >= 4 is 11.6 Å². The maximum Gasteiger partial charge on any atom is 0.0432 e. The number of hydrogen-bond donors (Lipinski definition) is 0. The summed E-state index contributed by atoms with van der Waals surface area (Å²) in [5.41, 5.74) is 1.56. The zero-order chi connectivity index (χ0) is 14.8. The summed E-state index contributed by atoms with van der Waals surface area (Å²) in [6.45, 7) is 13.4. The Morgan fingerprint density at radius 1 is 1.16 bits per heavy atom. The normalized spacial score (nSPS) is 19.4. The number of hydrogen-bond acceptors (Lipinski definition) is 0. The number of rotatable bonds is 9. The predicted molar refractivity (Wildman–Crippen MR) is 89.8 cm³/mol. The lowest BCUT2D eigenvalue weighted by atomic mass is 9.80. The van der Waals surface area contributed by atoms with Gasteiger partial charge in [-0.15, -0.1) is 11.6 Å². The summed E-state index contributed by atoms with van der Waals surface area (Å²) >= 11 is 6.81. The van der Waals surface area contributed by atoms with E-state index in [1.165, 1.54) is 12.8 Å². The first kappa shape index (κ1) is 18.8. The highest BCUT2D eigenvalue weighted by molar-refractivity contribution is 6.21. The van der Waals surface area contributed by atoms with Gasteiger partial charge in [0.25, 0.3) is 0 Å². The van der Waals surface area contributed by atoms with E-state index >= 15 is 0 Å². The predicted octanol–water partition coefficient (Wildman–Crippen LogP) is 6.60. The van der Waals surface area contributed by atoms with Gasteiger partial charge in [0.05, 0.1) is 0 Å². The van der Waals surface area contributed by atoms with Gasteiger partial charge < -0.3 is 0 Å². The smallest absolute Gasteiger partial charge is 0.0432 e. The van der Waals surface area contributed by atoms with Crippen molar-refractivity contribution in [1.29, 1.82) is 0 Å². The Morgan fingerprint density at radius 3 is 2.21 bits per heavy atom. The van der Waals surface area contributed by atoms with Crippen molar-refractivity contribution < 1.29 is 0 Å². The Hall–Kier alpha value is -0.230. The average molecular weight is 285 g/mol. The molecule has 0 radical (unpaired) electrons. The highest BCUT2D eigenvalue weighted by atomic mass is 35.5. The van der Waals surface area contributed by atoms with Crippen molar-refractivity contribution in [3.05, 3.63) is 23.8 Å². The van der Waals surface area contributed by atoms with E-state index in [0.717, 1.165) is 12.8 Å². The third kappa shape index (κ3) is 6.17. The van der Waals surface area contributed by atoms with Gasteiger partial charge in [0.1, 0.15) is 0 Å². The fraction of sp³-hybridized carbons (Fsp3) is 0.778. The molecular formula is C18H33Cl. The quantitative estimate of drug-likeness (QED) is 0.330. The minimum absolute atomic E-state index is 0.235. The van der Waals surface area contributed by atoms with Crippen LogP contribution in [0.3, 0.4) is 0 Å². The lowest BCUT2D eigenvalue weighted by Gasteiger charge is -2.31. The first-order valence-electron chi connectivity index (χ1n) is 7.99. The summed E-state index contributed by atoms with van der Waals surface area (Å²) in [4.78, 5) is 0. The topological polar surface area (TPSA) is 0 Å². The van der Waals surface area contributed by atoms with Crippen molar-refractivity contribution in [2.75, 3.05) is 0 Å². The molecule has 1 heteroatoms. The highest BCUT2D eigenvalue weighted by Crippen LogP contribution is 2.34. The number of allylic oxidation sites excluding steroid dienone is 4. The minimum Gasteiger partial charge on any atom is -0.122 e. The summed E-state index contributed by atoms with van der Waals surface area (Å²) < 4.78 is 0. The maximum absolute atomic E-state index is 6.81. The van der Waals surface area contributed by atoms with Gasteiger partial charge in [0.2, 0.25) is 0 Å². The van der Waals surface area contributed by atoms with Crippen LogP contribution in [0.1, 0.15) is 67.2 Å². The molecule has 0 aliphatic carbocycles. The van der Waals surface area contributed by atoms with Crippen molar-refractivity contribution in [2.24, 2.45) is 17.8 Å². The Balaban J connectivity index is 4.91. The Labute approximate surface area is 126 Å². The third-order valence-corrected chi connectivity index (χ3v) is 4.93. The van der Waals surface area contributed by atoms with Crippen molar-refractivity contribution in [1.82, 2.24) is 0 Å². The monoisotopic (exact) mass is 284 g/mol. The van der Waals surface area contributed by atoms with Gasteiger partial charge in [-0.3, -0.25) is 0 Å². The molecule has 19 heavy (non-hydrogen) atoms. The summed E-state index contributed by atoms with van der Waals surface area (Å²) in [7, 11) is 0. The molecule has 4 atom stereocenters. The molecule has 0 amide bonds. The molecule has 0 aliphatic heterocycles. The van der Waals surface area contributed by atoms with E-state index in [-0.39, 0.29) is 5.38 Å². The molecule has 0 rings (SSSR count). The van der Waals surface area contributed by atoms with Crippen LogP contribution in [0.15, 0.2) is 23.8 Å². The van der Waals surface area contributed by atoms with Crippen LogP contribution in [-0.4, -0.2) is 5.38 Å². The largest absolute Gasteiger partial charge is 0.122 e. The summed E-state index contributed by atoms with van der Waals surface area (Å²) in [6.07, 6.45) is 11.5. The third-order valence-electron chi connectivity index (χ3n) is 4.23. The number of halogens is 1. The van der Waals surface area contributed by atoms with E-state index in [9.17, 15) is 0 Å². The molecule has 0 fully saturated rings. The first-order valence-corrected chi connectivity index (χ1v) is 8.42. The summed E-state index contributed by atoms with van der Waals surface area (Å²) in [6, 6.07) is 0. The maximum atomic E-state index is 6.81. The van der Waals surface area contributed by atoms with Gasteiger partial charge in [-0.2, -0.15) is 0 Å². The lowest BCUT2D eigenvalue weighted by Crippen LogP contribution is -2.27. The second kappa shape index (κ2) is 10.5. The van der Waals surface area contributed by atoms with Crippen LogP contribution < -0.4 is 0 Å².